The lowest BCUT2D eigenvalue weighted by Gasteiger charge is -2.44. The Kier molecular flexibility index (Phi) is 10.0. The predicted molar refractivity (Wildman–Crippen MR) is 90.7 cm³/mol. The van der Waals surface area contributed by atoms with Crippen molar-refractivity contribution < 1.29 is 48.7 Å². The van der Waals surface area contributed by atoms with Crippen LogP contribution in [0.1, 0.15) is 6.92 Å². The summed E-state index contributed by atoms with van der Waals surface area (Å²) in [6.45, 7) is 7.28. The molecule has 0 aromatic rings. The van der Waals surface area contributed by atoms with E-state index in [2.05, 4.69) is 19.7 Å². The van der Waals surface area contributed by atoms with Crippen molar-refractivity contribution in [1.29, 1.82) is 0 Å². The number of ether oxygens (including phenoxy) is 4. The van der Waals surface area contributed by atoms with Gasteiger partial charge in [-0.3, -0.25) is 0 Å². The first-order valence-electron chi connectivity index (χ1n) is 7.73. The van der Waals surface area contributed by atoms with Gasteiger partial charge in [0.2, 0.25) is 0 Å². The predicted octanol–water partition coefficient (Wildman–Crippen LogP) is -0.802. The van der Waals surface area contributed by atoms with Gasteiger partial charge in [0, 0.05) is 12.2 Å². The van der Waals surface area contributed by atoms with Crippen LogP contribution in [0, 0.1) is 5.41 Å². The summed E-state index contributed by atoms with van der Waals surface area (Å²) in [5.74, 6) is -6.51. The Morgan fingerprint density at radius 3 is 1.85 bits per heavy atom. The van der Waals surface area contributed by atoms with Gasteiger partial charge in [0.05, 0.1) is 26.4 Å². The first-order valence-corrected chi connectivity index (χ1v) is 7.73. The monoisotopic (exact) mass is 388 g/mol. The summed E-state index contributed by atoms with van der Waals surface area (Å²) in [4.78, 5) is 35.5. The summed E-state index contributed by atoms with van der Waals surface area (Å²) in [6.07, 6.45) is 1.48. The molecule has 0 bridgehead atoms. The van der Waals surface area contributed by atoms with E-state index in [4.69, 9.17) is 18.9 Å². The largest absolute Gasteiger partial charge is 0.487 e. The molecule has 0 saturated heterocycles. The molecule has 1 atom stereocenters. The van der Waals surface area contributed by atoms with Gasteiger partial charge in [0.25, 0.3) is 0 Å². The zero-order valence-electron chi connectivity index (χ0n) is 15.0. The summed E-state index contributed by atoms with van der Waals surface area (Å²) in [5, 5.41) is 29.2. The van der Waals surface area contributed by atoms with Crippen LogP contribution < -0.4 is 0 Å². The Balaban J connectivity index is 6.25. The molecule has 0 heterocycles. The normalized spacial score (nSPS) is 12.9. The number of hydrogen-bond acceptors (Lipinski definition) is 10. The molecule has 0 rings (SSSR count). The second kappa shape index (κ2) is 11.1. The molecule has 27 heavy (non-hydrogen) atoms. The summed E-state index contributed by atoms with van der Waals surface area (Å²) in [5.41, 5.74) is -2.16. The molecule has 1 unspecified atom stereocenters. The van der Waals surface area contributed by atoms with Crippen molar-refractivity contribution >= 4 is 17.9 Å². The Hall–Kier alpha value is -2.69. The molecule has 0 aromatic heterocycles. The number of carbonyl (C=O) groups excluding carboxylic acids is 3. The Morgan fingerprint density at radius 1 is 0.926 bits per heavy atom. The lowest BCUT2D eigenvalue weighted by Crippen LogP contribution is -2.63. The third kappa shape index (κ3) is 5.91. The maximum atomic E-state index is 12.3. The van der Waals surface area contributed by atoms with Crippen LogP contribution in [0.25, 0.3) is 0 Å². The van der Waals surface area contributed by atoms with E-state index in [1.807, 2.05) is 0 Å². The summed E-state index contributed by atoms with van der Waals surface area (Å²) in [6, 6.07) is 0. The van der Waals surface area contributed by atoms with Crippen molar-refractivity contribution in [1.82, 2.24) is 0 Å². The number of hydrogen-bond donors (Lipinski definition) is 3. The Morgan fingerprint density at radius 2 is 1.44 bits per heavy atom. The molecule has 0 aliphatic rings. The van der Waals surface area contributed by atoms with Crippen molar-refractivity contribution in [3.8, 4) is 0 Å². The molecule has 0 fully saturated rings. The molecule has 10 nitrogen and oxygen atoms in total. The van der Waals surface area contributed by atoms with Crippen LogP contribution >= 0.6 is 0 Å². The average molecular weight is 388 g/mol. The number of esters is 3. The summed E-state index contributed by atoms with van der Waals surface area (Å²) in [7, 11) is 0. The topological polar surface area (TPSA) is 149 Å². The number of aliphatic hydroxyl groups excluding tert-OH is 3. The van der Waals surface area contributed by atoms with E-state index in [1.54, 1.807) is 6.92 Å². The fourth-order valence-corrected chi connectivity index (χ4v) is 1.83. The van der Waals surface area contributed by atoms with Crippen LogP contribution in [0.5, 0.6) is 0 Å². The Bertz CT molecular complexity index is 570. The minimum atomic E-state index is -2.63. The number of aliphatic hydroxyl groups is 3. The SMILES string of the molecule is C=CC(=O)OCC(OC(=O)C=C)(OC(=O)C(=C)OCC)C(CO)(CO)CO. The molecule has 10 heteroatoms. The van der Waals surface area contributed by atoms with Crippen LogP contribution in [0.4, 0.5) is 0 Å². The molecular formula is C17H24O10. The van der Waals surface area contributed by atoms with Crippen molar-refractivity contribution in [3.63, 3.8) is 0 Å². The molecule has 0 aromatic carbocycles. The zero-order valence-corrected chi connectivity index (χ0v) is 15.0. The van der Waals surface area contributed by atoms with Crippen molar-refractivity contribution in [2.24, 2.45) is 5.41 Å². The maximum absolute atomic E-state index is 12.3. The van der Waals surface area contributed by atoms with Gasteiger partial charge < -0.3 is 34.3 Å². The van der Waals surface area contributed by atoms with E-state index in [0.717, 1.165) is 6.08 Å². The molecule has 0 amide bonds. The lowest BCUT2D eigenvalue weighted by molar-refractivity contribution is -0.303. The van der Waals surface area contributed by atoms with Crippen LogP contribution in [0.2, 0.25) is 0 Å². The third-order valence-electron chi connectivity index (χ3n) is 3.52. The van der Waals surface area contributed by atoms with Crippen molar-refractivity contribution in [2.45, 2.75) is 12.7 Å². The lowest BCUT2D eigenvalue weighted by atomic mass is 9.81. The Labute approximate surface area is 156 Å². The fourth-order valence-electron chi connectivity index (χ4n) is 1.83. The smallest absolute Gasteiger partial charge is 0.376 e. The minimum absolute atomic E-state index is 0.0595. The van der Waals surface area contributed by atoms with E-state index in [1.165, 1.54) is 0 Å². The van der Waals surface area contributed by atoms with E-state index in [-0.39, 0.29) is 6.61 Å². The van der Waals surface area contributed by atoms with Gasteiger partial charge in [-0.25, -0.2) is 14.4 Å². The van der Waals surface area contributed by atoms with Crippen LogP contribution in [0.3, 0.4) is 0 Å². The van der Waals surface area contributed by atoms with Crippen LogP contribution in [0.15, 0.2) is 37.6 Å². The van der Waals surface area contributed by atoms with E-state index in [9.17, 15) is 29.7 Å². The number of rotatable bonds is 13. The zero-order chi connectivity index (χ0) is 21.1. The van der Waals surface area contributed by atoms with Crippen molar-refractivity contribution in [2.75, 3.05) is 33.0 Å². The standard InChI is InChI=1S/C17H24O10/c1-5-13(21)25-11-17(26-14(22)6-2,16(8-18,9-19)10-20)27-15(23)12(4)24-7-3/h5-6,18-20H,1-2,4,7-11H2,3H3. The average Bonchev–Trinajstić information content (AvgIpc) is 2.67. The van der Waals surface area contributed by atoms with Gasteiger partial charge in [0.15, 0.2) is 12.4 Å². The van der Waals surface area contributed by atoms with Gasteiger partial charge in [-0.1, -0.05) is 13.2 Å². The molecular weight excluding hydrogens is 364 g/mol. The highest BCUT2D eigenvalue weighted by Gasteiger charge is 2.59. The highest BCUT2D eigenvalue weighted by Crippen LogP contribution is 2.37. The summed E-state index contributed by atoms with van der Waals surface area (Å²) >= 11 is 0. The van der Waals surface area contributed by atoms with E-state index in [0.29, 0.717) is 6.08 Å². The molecule has 152 valence electrons. The number of carbonyl (C=O) groups is 3. The molecule has 0 aliphatic carbocycles. The third-order valence-corrected chi connectivity index (χ3v) is 3.52. The van der Waals surface area contributed by atoms with Gasteiger partial charge in [-0.05, 0) is 13.5 Å². The van der Waals surface area contributed by atoms with Gasteiger partial charge in [-0.15, -0.1) is 0 Å². The highest BCUT2D eigenvalue weighted by molar-refractivity contribution is 5.86. The van der Waals surface area contributed by atoms with Gasteiger partial charge in [-0.2, -0.15) is 0 Å². The van der Waals surface area contributed by atoms with Crippen LogP contribution in [-0.4, -0.2) is 72.0 Å². The molecule has 0 radical (unpaired) electrons. The molecule has 0 spiro atoms. The maximum Gasteiger partial charge on any atom is 0.376 e. The first-order chi connectivity index (χ1) is 12.7. The highest BCUT2D eigenvalue weighted by atomic mass is 16.8. The molecule has 0 saturated carbocycles. The van der Waals surface area contributed by atoms with Gasteiger partial charge >= 0.3 is 23.7 Å². The second-order valence-electron chi connectivity index (χ2n) is 5.19. The first kappa shape index (κ1) is 24.3. The van der Waals surface area contributed by atoms with Gasteiger partial charge in [0.1, 0.15) is 5.41 Å². The second-order valence-corrected chi connectivity index (χ2v) is 5.19. The molecule has 3 N–H and O–H groups in total. The molecule has 0 aliphatic heterocycles. The minimum Gasteiger partial charge on any atom is -0.487 e. The summed E-state index contributed by atoms with van der Waals surface area (Å²) < 4.78 is 19.8. The van der Waals surface area contributed by atoms with E-state index >= 15 is 0 Å². The van der Waals surface area contributed by atoms with Crippen LogP contribution in [-0.2, 0) is 33.3 Å². The fraction of sp³-hybridized carbons (Fsp3) is 0.471. The van der Waals surface area contributed by atoms with Crippen molar-refractivity contribution in [3.05, 3.63) is 37.6 Å². The quantitative estimate of drug-likeness (QED) is 0.158. The van der Waals surface area contributed by atoms with E-state index < -0.39 is 61.3 Å².